The number of benzene rings is 1. The van der Waals surface area contributed by atoms with Gasteiger partial charge >= 0.3 is 0 Å². The molecule has 0 bridgehead atoms. The molecule has 2 aromatic heterocycles. The highest BCUT2D eigenvalue weighted by molar-refractivity contribution is 5.79. The number of guanidine groups is 1. The van der Waals surface area contributed by atoms with Crippen LogP contribution in [0.5, 0.6) is 11.6 Å². The van der Waals surface area contributed by atoms with Gasteiger partial charge in [-0.1, -0.05) is 24.3 Å². The minimum absolute atomic E-state index is 0.429. The fourth-order valence-electron chi connectivity index (χ4n) is 2.47. The van der Waals surface area contributed by atoms with E-state index in [4.69, 9.17) is 9.47 Å². The van der Waals surface area contributed by atoms with Crippen LogP contribution in [0.1, 0.15) is 11.4 Å². The van der Waals surface area contributed by atoms with Gasteiger partial charge in [0, 0.05) is 32.9 Å². The second kappa shape index (κ2) is 10.6. The van der Waals surface area contributed by atoms with E-state index >= 15 is 0 Å². The highest BCUT2D eigenvalue weighted by Gasteiger charge is 2.04. The van der Waals surface area contributed by atoms with E-state index < -0.39 is 0 Å². The lowest BCUT2D eigenvalue weighted by atomic mass is 10.3. The predicted octanol–water partition coefficient (Wildman–Crippen LogP) is 1.53. The maximum atomic E-state index is 5.61. The number of hydrogen-bond donors (Lipinski definition) is 2. The first-order chi connectivity index (χ1) is 14.2. The highest BCUT2D eigenvalue weighted by Crippen LogP contribution is 2.09. The fraction of sp³-hybridized carbons (Fsp3) is 0.300. The minimum atomic E-state index is 0.429. The van der Waals surface area contributed by atoms with Crippen LogP contribution in [0.3, 0.4) is 0 Å². The maximum Gasteiger partial charge on any atom is 0.213 e. The number of nitrogens with one attached hydrogen (secondary N) is 2. The van der Waals surface area contributed by atoms with Gasteiger partial charge in [0.1, 0.15) is 31.1 Å². The highest BCUT2D eigenvalue weighted by atomic mass is 16.5. The summed E-state index contributed by atoms with van der Waals surface area (Å²) < 4.78 is 12.9. The number of aromatic nitrogens is 4. The van der Waals surface area contributed by atoms with Crippen molar-refractivity contribution in [1.29, 1.82) is 0 Å². The predicted molar refractivity (Wildman–Crippen MR) is 110 cm³/mol. The van der Waals surface area contributed by atoms with Crippen molar-refractivity contribution in [2.75, 3.05) is 20.3 Å². The van der Waals surface area contributed by atoms with Gasteiger partial charge < -0.3 is 20.1 Å². The van der Waals surface area contributed by atoms with Crippen LogP contribution in [0.2, 0.25) is 0 Å². The number of rotatable bonds is 9. The van der Waals surface area contributed by atoms with Gasteiger partial charge in [-0.15, -0.1) is 0 Å². The van der Waals surface area contributed by atoms with Crippen LogP contribution in [0, 0.1) is 0 Å². The summed E-state index contributed by atoms with van der Waals surface area (Å²) >= 11 is 0. The van der Waals surface area contributed by atoms with Crippen molar-refractivity contribution in [1.82, 2.24) is 30.4 Å². The molecule has 0 unspecified atom stereocenters. The third-order valence-electron chi connectivity index (χ3n) is 4.05. The molecule has 9 nitrogen and oxygen atoms in total. The Labute approximate surface area is 169 Å². The Hall–Kier alpha value is -3.62. The molecule has 152 valence electrons. The fourth-order valence-corrected chi connectivity index (χ4v) is 2.47. The molecule has 0 atom stereocenters. The third kappa shape index (κ3) is 6.49. The lowest BCUT2D eigenvalue weighted by Gasteiger charge is -2.12. The van der Waals surface area contributed by atoms with E-state index in [0.29, 0.717) is 38.1 Å². The largest absolute Gasteiger partial charge is 0.490 e. The lowest BCUT2D eigenvalue weighted by molar-refractivity contribution is 0.212. The van der Waals surface area contributed by atoms with Crippen LogP contribution >= 0.6 is 0 Å². The first kappa shape index (κ1) is 20.1. The molecule has 0 radical (unpaired) electrons. The summed E-state index contributed by atoms with van der Waals surface area (Å²) in [6.45, 7) is 2.01. The van der Waals surface area contributed by atoms with E-state index in [9.17, 15) is 0 Å². The Morgan fingerprint density at radius 1 is 1.00 bits per heavy atom. The van der Waals surface area contributed by atoms with Crippen molar-refractivity contribution < 1.29 is 9.47 Å². The van der Waals surface area contributed by atoms with Crippen molar-refractivity contribution in [2.45, 2.75) is 13.1 Å². The molecule has 2 heterocycles. The molecule has 3 rings (SSSR count). The van der Waals surface area contributed by atoms with Crippen LogP contribution in [-0.4, -0.2) is 46.0 Å². The van der Waals surface area contributed by atoms with E-state index in [-0.39, 0.29) is 0 Å². The Bertz CT molecular complexity index is 895. The van der Waals surface area contributed by atoms with Gasteiger partial charge in [-0.3, -0.25) is 9.67 Å². The van der Waals surface area contributed by atoms with Gasteiger partial charge in [0.25, 0.3) is 0 Å². The Morgan fingerprint density at radius 2 is 1.79 bits per heavy atom. The first-order valence-corrected chi connectivity index (χ1v) is 9.27. The summed E-state index contributed by atoms with van der Waals surface area (Å²) in [4.78, 5) is 12.7. The van der Waals surface area contributed by atoms with Crippen LogP contribution in [0.4, 0.5) is 0 Å². The summed E-state index contributed by atoms with van der Waals surface area (Å²) in [6.07, 6.45) is 3.30. The molecule has 0 aliphatic rings. The normalized spacial score (nSPS) is 11.2. The number of para-hydroxylation sites is 1. The van der Waals surface area contributed by atoms with Gasteiger partial charge in [-0.05, 0) is 17.7 Å². The van der Waals surface area contributed by atoms with Gasteiger partial charge in [-0.25, -0.2) is 9.97 Å². The van der Waals surface area contributed by atoms with Crippen LogP contribution in [0.15, 0.2) is 60.0 Å². The molecular weight excluding hydrogens is 370 g/mol. The summed E-state index contributed by atoms with van der Waals surface area (Å²) in [6, 6.07) is 13.5. The van der Waals surface area contributed by atoms with Crippen molar-refractivity contribution in [3.05, 3.63) is 66.4 Å². The molecule has 0 aliphatic carbocycles. The molecule has 9 heteroatoms. The SMILES string of the molecule is CN=C(NCc1ccc(OCCOc2ccccc2)nc1)NCc1ncnn1C. The van der Waals surface area contributed by atoms with Gasteiger partial charge in [-0.2, -0.15) is 5.10 Å². The Kier molecular flexibility index (Phi) is 7.39. The molecule has 2 N–H and O–H groups in total. The summed E-state index contributed by atoms with van der Waals surface area (Å²) in [5.74, 6) is 2.89. The van der Waals surface area contributed by atoms with Crippen LogP contribution in [-0.2, 0) is 20.1 Å². The molecule has 0 spiro atoms. The average Bonchev–Trinajstić information content (AvgIpc) is 3.18. The van der Waals surface area contributed by atoms with Gasteiger partial charge in [0.05, 0.1) is 6.54 Å². The molecule has 0 amide bonds. The quantitative estimate of drug-likeness (QED) is 0.322. The zero-order valence-electron chi connectivity index (χ0n) is 16.6. The van der Waals surface area contributed by atoms with E-state index in [1.807, 2.05) is 49.5 Å². The maximum absolute atomic E-state index is 5.61. The van der Waals surface area contributed by atoms with E-state index in [1.54, 1.807) is 17.9 Å². The second-order valence-electron chi connectivity index (χ2n) is 6.09. The second-order valence-corrected chi connectivity index (χ2v) is 6.09. The number of ether oxygens (including phenoxy) is 2. The summed E-state index contributed by atoms with van der Waals surface area (Å²) in [5.41, 5.74) is 1.01. The van der Waals surface area contributed by atoms with Crippen LogP contribution in [0.25, 0.3) is 0 Å². The molecule has 0 fully saturated rings. The molecular formula is C20H25N7O2. The van der Waals surface area contributed by atoms with Crippen molar-refractivity contribution >= 4 is 5.96 Å². The molecule has 1 aromatic carbocycles. The summed E-state index contributed by atoms with van der Waals surface area (Å²) in [5, 5.41) is 10.5. The number of aliphatic imine (C=N–C) groups is 1. The Morgan fingerprint density at radius 3 is 2.48 bits per heavy atom. The van der Waals surface area contributed by atoms with Gasteiger partial charge in [0.2, 0.25) is 5.88 Å². The van der Waals surface area contributed by atoms with Crippen molar-refractivity contribution in [2.24, 2.45) is 12.0 Å². The molecule has 0 saturated carbocycles. The smallest absolute Gasteiger partial charge is 0.213 e. The third-order valence-corrected chi connectivity index (χ3v) is 4.05. The molecule has 0 aliphatic heterocycles. The first-order valence-electron chi connectivity index (χ1n) is 9.27. The number of nitrogens with zero attached hydrogens (tertiary/aromatic N) is 5. The monoisotopic (exact) mass is 395 g/mol. The molecule has 29 heavy (non-hydrogen) atoms. The number of hydrogen-bond acceptors (Lipinski definition) is 6. The number of aryl methyl sites for hydroxylation is 1. The van der Waals surface area contributed by atoms with E-state index in [2.05, 4.69) is 30.7 Å². The Balaban J connectivity index is 1.37. The van der Waals surface area contributed by atoms with Crippen LogP contribution < -0.4 is 20.1 Å². The summed E-state index contributed by atoms with van der Waals surface area (Å²) in [7, 11) is 3.57. The topological polar surface area (TPSA) is 98.5 Å². The van der Waals surface area contributed by atoms with E-state index in [0.717, 1.165) is 17.1 Å². The zero-order chi connectivity index (χ0) is 20.3. The lowest BCUT2D eigenvalue weighted by Crippen LogP contribution is -2.36. The molecule has 3 aromatic rings. The van der Waals surface area contributed by atoms with E-state index in [1.165, 1.54) is 6.33 Å². The zero-order valence-corrected chi connectivity index (χ0v) is 16.6. The standard InChI is InChI=1S/C20H25N7O2/c1-21-20(24-14-18-25-15-26-27(18)2)23-13-16-8-9-19(22-12-16)29-11-10-28-17-6-4-3-5-7-17/h3-9,12,15H,10-11,13-14H2,1-2H3,(H2,21,23,24). The average molecular weight is 395 g/mol. The molecule has 0 saturated heterocycles. The van der Waals surface area contributed by atoms with Crippen molar-refractivity contribution in [3.8, 4) is 11.6 Å². The van der Waals surface area contributed by atoms with Crippen molar-refractivity contribution in [3.63, 3.8) is 0 Å². The van der Waals surface area contributed by atoms with Gasteiger partial charge in [0.15, 0.2) is 5.96 Å². The minimum Gasteiger partial charge on any atom is -0.490 e. The number of pyridine rings is 1.